The van der Waals surface area contributed by atoms with Crippen molar-refractivity contribution >= 4 is 12.1 Å². The molecular formula is C22H40N2O5. The van der Waals surface area contributed by atoms with Crippen molar-refractivity contribution < 1.29 is 24.5 Å². The predicted molar refractivity (Wildman–Crippen MR) is 112 cm³/mol. The number of hydrogen-bond acceptors (Lipinski definition) is 5. The van der Waals surface area contributed by atoms with Crippen LogP contribution in [0.15, 0.2) is 0 Å². The summed E-state index contributed by atoms with van der Waals surface area (Å²) in [4.78, 5) is 23.6. The molecule has 168 valence electrons. The number of hydrogen-bond donors (Lipinski definition) is 3. The number of nitrogens with one attached hydrogen (secondary N) is 1. The molecule has 29 heavy (non-hydrogen) atoms. The van der Waals surface area contributed by atoms with Crippen LogP contribution in [0.5, 0.6) is 0 Å². The lowest BCUT2D eigenvalue weighted by molar-refractivity contribution is -0.142. The van der Waals surface area contributed by atoms with Gasteiger partial charge in [0.2, 0.25) is 0 Å². The lowest BCUT2D eigenvalue weighted by atomic mass is 9.91. The normalized spacial score (nSPS) is 26.6. The van der Waals surface area contributed by atoms with Crippen molar-refractivity contribution in [2.75, 3.05) is 6.54 Å². The second-order valence-corrected chi connectivity index (χ2v) is 9.71. The maximum atomic E-state index is 11.7. The number of ether oxygens (including phenoxy) is 1. The molecule has 3 N–H and O–H groups in total. The summed E-state index contributed by atoms with van der Waals surface area (Å²) in [6, 6.07) is 0.749. The van der Waals surface area contributed by atoms with Crippen molar-refractivity contribution in [2.45, 2.75) is 121 Å². The summed E-state index contributed by atoms with van der Waals surface area (Å²) < 4.78 is 5.06. The number of amides is 1. The smallest absolute Gasteiger partial charge is 0.411 e. The molecule has 1 saturated heterocycles. The van der Waals surface area contributed by atoms with Crippen LogP contribution >= 0.6 is 0 Å². The zero-order valence-corrected chi connectivity index (χ0v) is 18.4. The molecular weight excluding hydrogens is 372 g/mol. The summed E-state index contributed by atoms with van der Waals surface area (Å²) in [6.07, 6.45) is 13.1. The molecule has 3 rings (SSSR count). The number of carboxylic acid groups (broad SMARTS) is 1. The fourth-order valence-electron chi connectivity index (χ4n) is 4.44. The zero-order chi connectivity index (χ0) is 21.4. The number of likely N-dealkylation sites (tertiary alicyclic amines) is 1. The van der Waals surface area contributed by atoms with E-state index in [1.54, 1.807) is 20.8 Å². The molecule has 0 unspecified atom stereocenters. The van der Waals surface area contributed by atoms with Crippen molar-refractivity contribution in [1.29, 1.82) is 0 Å². The molecule has 0 bridgehead atoms. The monoisotopic (exact) mass is 412 g/mol. The SMILES string of the molecule is C1CCC(NC2CCCCC2)CC1.CC(C)(C)OC(=O)N1C[C@@H](O)C[C@@H]1C(=O)O. The van der Waals surface area contributed by atoms with E-state index in [4.69, 9.17) is 9.84 Å². The van der Waals surface area contributed by atoms with Crippen LogP contribution in [-0.2, 0) is 9.53 Å². The molecule has 1 heterocycles. The largest absolute Gasteiger partial charge is 0.480 e. The molecule has 3 fully saturated rings. The minimum absolute atomic E-state index is 0.00583. The standard InChI is InChI=1S/C12H23N.C10H17NO5/c1-3-7-11(8-4-1)13-12-9-5-2-6-10-12;1-10(2,3)16-9(15)11-5-6(12)4-7(11)8(13)14/h11-13H,1-10H2;6-7,12H,4-5H2,1-3H3,(H,13,14)/t;6-,7+/m.0/s1. The highest BCUT2D eigenvalue weighted by molar-refractivity contribution is 5.81. The number of carboxylic acids is 1. The Morgan fingerprint density at radius 3 is 1.83 bits per heavy atom. The number of carbonyl (C=O) groups is 2. The molecule has 0 aromatic carbocycles. The first-order valence-corrected chi connectivity index (χ1v) is 11.3. The van der Waals surface area contributed by atoms with E-state index in [9.17, 15) is 14.7 Å². The van der Waals surface area contributed by atoms with Gasteiger partial charge >= 0.3 is 12.1 Å². The molecule has 1 amide bonds. The molecule has 3 aliphatic rings. The number of β-amino-alcohol motifs (C(OH)–C–C–N with tert-alkyl or cyclic N) is 1. The summed E-state index contributed by atoms with van der Waals surface area (Å²) in [7, 11) is 0. The highest BCUT2D eigenvalue weighted by atomic mass is 16.6. The molecule has 7 heteroatoms. The van der Waals surface area contributed by atoms with E-state index in [0.717, 1.165) is 17.0 Å². The third-order valence-corrected chi connectivity index (χ3v) is 5.87. The summed E-state index contributed by atoms with van der Waals surface area (Å²) in [6.45, 7) is 5.11. The Balaban J connectivity index is 0.000000211. The molecule has 2 aliphatic carbocycles. The van der Waals surface area contributed by atoms with E-state index in [1.165, 1.54) is 64.2 Å². The van der Waals surface area contributed by atoms with Gasteiger partial charge in [-0.05, 0) is 46.5 Å². The van der Waals surface area contributed by atoms with E-state index in [2.05, 4.69) is 5.32 Å². The third kappa shape index (κ3) is 8.51. The fourth-order valence-corrected chi connectivity index (χ4v) is 4.44. The average Bonchev–Trinajstić information content (AvgIpc) is 3.05. The van der Waals surface area contributed by atoms with Gasteiger partial charge in [-0.3, -0.25) is 4.90 Å². The van der Waals surface area contributed by atoms with Gasteiger partial charge in [0, 0.05) is 18.5 Å². The maximum Gasteiger partial charge on any atom is 0.411 e. The van der Waals surface area contributed by atoms with Crippen LogP contribution in [0, 0.1) is 0 Å². The van der Waals surface area contributed by atoms with Gasteiger partial charge in [0.25, 0.3) is 0 Å². The predicted octanol–water partition coefficient (Wildman–Crippen LogP) is 3.68. The van der Waals surface area contributed by atoms with Crippen LogP contribution in [0.1, 0.15) is 91.4 Å². The van der Waals surface area contributed by atoms with Crippen LogP contribution < -0.4 is 5.32 Å². The van der Waals surface area contributed by atoms with Crippen LogP contribution in [0.2, 0.25) is 0 Å². The number of nitrogens with zero attached hydrogens (tertiary/aromatic N) is 1. The van der Waals surface area contributed by atoms with Gasteiger partial charge in [-0.25, -0.2) is 9.59 Å². The van der Waals surface area contributed by atoms with E-state index in [-0.39, 0.29) is 13.0 Å². The summed E-state index contributed by atoms with van der Waals surface area (Å²) in [5.74, 6) is -1.12. The maximum absolute atomic E-state index is 11.7. The Morgan fingerprint density at radius 1 is 0.931 bits per heavy atom. The van der Waals surface area contributed by atoms with Gasteiger partial charge in [-0.2, -0.15) is 0 Å². The van der Waals surface area contributed by atoms with Gasteiger partial charge < -0.3 is 20.3 Å². The average molecular weight is 413 g/mol. The van der Waals surface area contributed by atoms with E-state index >= 15 is 0 Å². The Kier molecular flexibility index (Phi) is 9.21. The molecule has 1 aliphatic heterocycles. The Labute approximate surface area is 175 Å². The molecule has 0 spiro atoms. The minimum Gasteiger partial charge on any atom is -0.480 e. The summed E-state index contributed by atoms with van der Waals surface area (Å²) >= 11 is 0. The first kappa shape index (κ1) is 23.9. The Morgan fingerprint density at radius 2 is 1.41 bits per heavy atom. The van der Waals surface area contributed by atoms with E-state index in [1.807, 2.05) is 0 Å². The molecule has 0 aromatic rings. The third-order valence-electron chi connectivity index (χ3n) is 5.87. The molecule has 2 saturated carbocycles. The van der Waals surface area contributed by atoms with Gasteiger partial charge in [0.1, 0.15) is 11.6 Å². The minimum atomic E-state index is -1.12. The highest BCUT2D eigenvalue weighted by Crippen LogP contribution is 2.23. The molecule has 0 radical (unpaired) electrons. The van der Waals surface area contributed by atoms with Crippen LogP contribution in [0.25, 0.3) is 0 Å². The number of rotatable bonds is 3. The van der Waals surface area contributed by atoms with Crippen LogP contribution in [0.4, 0.5) is 4.79 Å². The lowest BCUT2D eigenvalue weighted by Crippen LogP contribution is -2.43. The molecule has 7 nitrogen and oxygen atoms in total. The number of carbonyl (C=O) groups excluding carboxylic acids is 1. The zero-order valence-electron chi connectivity index (χ0n) is 18.4. The van der Waals surface area contributed by atoms with Gasteiger partial charge in [-0.15, -0.1) is 0 Å². The van der Waals surface area contributed by atoms with E-state index in [0.29, 0.717) is 0 Å². The molecule has 0 aromatic heterocycles. The highest BCUT2D eigenvalue weighted by Gasteiger charge is 2.40. The molecule has 2 atom stereocenters. The van der Waals surface area contributed by atoms with Crippen molar-refractivity contribution in [1.82, 2.24) is 10.2 Å². The Hall–Kier alpha value is -1.34. The van der Waals surface area contributed by atoms with Crippen molar-refractivity contribution in [2.24, 2.45) is 0 Å². The lowest BCUT2D eigenvalue weighted by Gasteiger charge is -2.30. The topological polar surface area (TPSA) is 99.1 Å². The first-order valence-electron chi connectivity index (χ1n) is 11.3. The van der Waals surface area contributed by atoms with Crippen LogP contribution in [-0.4, -0.2) is 63.6 Å². The quantitative estimate of drug-likeness (QED) is 0.654. The van der Waals surface area contributed by atoms with Gasteiger partial charge in [-0.1, -0.05) is 38.5 Å². The first-order chi connectivity index (χ1) is 13.7. The van der Waals surface area contributed by atoms with Crippen LogP contribution in [0.3, 0.4) is 0 Å². The fraction of sp³-hybridized carbons (Fsp3) is 0.909. The number of aliphatic carboxylic acids is 1. The van der Waals surface area contributed by atoms with E-state index < -0.39 is 29.8 Å². The summed E-state index contributed by atoms with van der Waals surface area (Å²) in [5, 5.41) is 22.1. The number of aliphatic hydroxyl groups excluding tert-OH is 1. The van der Waals surface area contributed by atoms with Crippen molar-refractivity contribution in [3.8, 4) is 0 Å². The second kappa shape index (κ2) is 11.2. The number of aliphatic hydroxyl groups is 1. The van der Waals surface area contributed by atoms with Crippen molar-refractivity contribution in [3.63, 3.8) is 0 Å². The summed E-state index contributed by atoms with van der Waals surface area (Å²) in [5.41, 5.74) is -0.673. The van der Waals surface area contributed by atoms with Gasteiger partial charge in [0.05, 0.1) is 12.6 Å². The Bertz CT molecular complexity index is 506. The van der Waals surface area contributed by atoms with Gasteiger partial charge in [0.15, 0.2) is 0 Å². The second-order valence-electron chi connectivity index (χ2n) is 9.71. The van der Waals surface area contributed by atoms with Crippen molar-refractivity contribution in [3.05, 3.63) is 0 Å².